The van der Waals surface area contributed by atoms with Crippen LogP contribution in [0.2, 0.25) is 0 Å². The number of hydrogen-bond donors (Lipinski definition) is 1. The number of ether oxygens (including phenoxy) is 2. The summed E-state index contributed by atoms with van der Waals surface area (Å²) < 4.78 is 17.2. The van der Waals surface area contributed by atoms with Gasteiger partial charge >= 0.3 is 0 Å². The fourth-order valence-electron chi connectivity index (χ4n) is 2.30. The van der Waals surface area contributed by atoms with Gasteiger partial charge in [-0.3, -0.25) is 4.79 Å². The highest BCUT2D eigenvalue weighted by atomic mass is 79.9. The van der Waals surface area contributed by atoms with Crippen molar-refractivity contribution >= 4 is 39.8 Å². The van der Waals surface area contributed by atoms with E-state index in [1.807, 2.05) is 37.3 Å². The van der Waals surface area contributed by atoms with Crippen LogP contribution in [0.3, 0.4) is 0 Å². The predicted molar refractivity (Wildman–Crippen MR) is 116 cm³/mol. The van der Waals surface area contributed by atoms with E-state index in [1.54, 1.807) is 31.4 Å². The number of carbonyl (C=O) groups is 1. The van der Waals surface area contributed by atoms with Gasteiger partial charge in [0.2, 0.25) is 0 Å². The second kappa shape index (κ2) is 10.2. The number of benzene rings is 2. The number of methoxy groups -OCH3 is 1. The summed E-state index contributed by atoms with van der Waals surface area (Å²) in [5.74, 6) is 1.16. The van der Waals surface area contributed by atoms with Crippen LogP contribution in [-0.4, -0.2) is 25.8 Å². The Bertz CT molecular complexity index is 1000. The standard InChI is InChI=1S/C21H19BrN2O4S/c1-14-7-9-16(10-8-14)29-21-17(22)11-15(28-21)12-23-24-20(25)13-27-19-6-4-3-5-18(19)26-2/h3-12H,13H2,1-2H3,(H,24,25)/b23-12+. The Morgan fingerprint density at radius 2 is 1.93 bits per heavy atom. The lowest BCUT2D eigenvalue weighted by Gasteiger charge is -2.08. The lowest BCUT2D eigenvalue weighted by molar-refractivity contribution is -0.123. The Kier molecular flexibility index (Phi) is 7.37. The van der Waals surface area contributed by atoms with Crippen LogP contribution >= 0.6 is 27.7 Å². The molecule has 0 aliphatic rings. The first kappa shape index (κ1) is 21.0. The van der Waals surface area contributed by atoms with E-state index in [9.17, 15) is 4.79 Å². The molecule has 0 aliphatic carbocycles. The third kappa shape index (κ3) is 6.13. The molecule has 3 rings (SSSR count). The number of furan rings is 1. The molecule has 0 spiro atoms. The molecule has 8 heteroatoms. The number of nitrogens with zero attached hydrogens (tertiary/aromatic N) is 1. The highest BCUT2D eigenvalue weighted by molar-refractivity contribution is 9.10. The van der Waals surface area contributed by atoms with E-state index in [0.717, 1.165) is 9.37 Å². The van der Waals surface area contributed by atoms with Crippen LogP contribution in [0, 0.1) is 6.92 Å². The molecule has 1 N–H and O–H groups in total. The SMILES string of the molecule is COc1ccccc1OCC(=O)N/N=C/c1cc(Br)c(Sc2ccc(C)cc2)o1. The highest BCUT2D eigenvalue weighted by Gasteiger charge is 2.10. The highest BCUT2D eigenvalue weighted by Crippen LogP contribution is 2.35. The molecule has 0 unspecified atom stereocenters. The molecular weight excluding hydrogens is 456 g/mol. The van der Waals surface area contributed by atoms with Crippen LogP contribution in [0.5, 0.6) is 11.5 Å². The molecule has 150 valence electrons. The topological polar surface area (TPSA) is 73.1 Å². The minimum absolute atomic E-state index is 0.186. The zero-order valence-corrected chi connectivity index (χ0v) is 18.2. The van der Waals surface area contributed by atoms with Gasteiger partial charge in [0.05, 0.1) is 17.8 Å². The number of halogens is 1. The fourth-order valence-corrected chi connectivity index (χ4v) is 3.63. The number of rotatable bonds is 8. The Balaban J connectivity index is 1.52. The van der Waals surface area contributed by atoms with Crippen molar-refractivity contribution in [1.29, 1.82) is 0 Å². The number of nitrogens with one attached hydrogen (secondary N) is 1. The van der Waals surface area contributed by atoms with Gasteiger partial charge in [-0.2, -0.15) is 5.10 Å². The Morgan fingerprint density at radius 3 is 2.66 bits per heavy atom. The van der Waals surface area contributed by atoms with E-state index in [-0.39, 0.29) is 6.61 Å². The number of amides is 1. The maximum absolute atomic E-state index is 11.9. The summed E-state index contributed by atoms with van der Waals surface area (Å²) in [5.41, 5.74) is 3.61. The van der Waals surface area contributed by atoms with Gasteiger partial charge in [0, 0.05) is 11.0 Å². The molecule has 6 nitrogen and oxygen atoms in total. The van der Waals surface area contributed by atoms with Crippen LogP contribution < -0.4 is 14.9 Å². The predicted octanol–water partition coefficient (Wildman–Crippen LogP) is 5.04. The molecule has 0 saturated carbocycles. The van der Waals surface area contributed by atoms with Gasteiger partial charge in [-0.15, -0.1) is 0 Å². The van der Waals surface area contributed by atoms with Crippen LogP contribution in [-0.2, 0) is 4.79 Å². The van der Waals surface area contributed by atoms with E-state index in [0.29, 0.717) is 22.4 Å². The lowest BCUT2D eigenvalue weighted by Crippen LogP contribution is -2.24. The molecule has 0 saturated heterocycles. The van der Waals surface area contributed by atoms with Crippen LogP contribution in [0.1, 0.15) is 11.3 Å². The Hall–Kier alpha value is -2.71. The van der Waals surface area contributed by atoms with Crippen LogP contribution in [0.15, 0.2) is 78.6 Å². The van der Waals surface area contributed by atoms with Gasteiger partial charge in [-0.25, -0.2) is 5.43 Å². The molecule has 0 bridgehead atoms. The molecule has 2 aromatic carbocycles. The van der Waals surface area contributed by atoms with E-state index < -0.39 is 5.91 Å². The summed E-state index contributed by atoms with van der Waals surface area (Å²) in [7, 11) is 1.54. The van der Waals surface area contributed by atoms with Gasteiger partial charge in [0.15, 0.2) is 23.2 Å². The van der Waals surface area contributed by atoms with Gasteiger partial charge in [-0.1, -0.05) is 41.6 Å². The Morgan fingerprint density at radius 1 is 1.21 bits per heavy atom. The van der Waals surface area contributed by atoms with Gasteiger partial charge in [0.25, 0.3) is 5.91 Å². The van der Waals surface area contributed by atoms with Crippen molar-refractivity contribution in [3.63, 3.8) is 0 Å². The van der Waals surface area contributed by atoms with Crippen LogP contribution in [0.25, 0.3) is 0 Å². The Labute approximate surface area is 181 Å². The lowest BCUT2D eigenvalue weighted by atomic mass is 10.2. The zero-order valence-electron chi connectivity index (χ0n) is 15.8. The summed E-state index contributed by atoms with van der Waals surface area (Å²) >= 11 is 4.98. The van der Waals surface area contributed by atoms with Gasteiger partial charge in [0.1, 0.15) is 5.76 Å². The molecule has 0 radical (unpaired) electrons. The van der Waals surface area contributed by atoms with E-state index in [4.69, 9.17) is 13.9 Å². The summed E-state index contributed by atoms with van der Waals surface area (Å²) in [5, 5.41) is 4.62. The zero-order chi connectivity index (χ0) is 20.6. The third-order valence-corrected chi connectivity index (χ3v) is 5.56. The second-order valence-electron chi connectivity index (χ2n) is 5.93. The van der Waals surface area contributed by atoms with E-state index in [2.05, 4.69) is 26.5 Å². The summed E-state index contributed by atoms with van der Waals surface area (Å²) in [6.45, 7) is 1.86. The fraction of sp³-hybridized carbons (Fsp3) is 0.143. The normalized spacial score (nSPS) is 10.9. The smallest absolute Gasteiger partial charge is 0.277 e. The minimum Gasteiger partial charge on any atom is -0.493 e. The minimum atomic E-state index is -0.396. The molecule has 0 atom stereocenters. The summed E-state index contributed by atoms with van der Waals surface area (Å²) in [4.78, 5) is 13.0. The first-order valence-corrected chi connectivity index (χ1v) is 10.3. The summed E-state index contributed by atoms with van der Waals surface area (Å²) in [6.07, 6.45) is 1.44. The quantitative estimate of drug-likeness (QED) is 0.365. The first-order chi connectivity index (χ1) is 14.0. The number of hydrogen-bond acceptors (Lipinski definition) is 6. The molecule has 1 amide bonds. The number of aryl methyl sites for hydroxylation is 1. The molecule has 0 fully saturated rings. The van der Waals surface area contributed by atoms with Crippen molar-refractivity contribution in [2.24, 2.45) is 5.10 Å². The average molecular weight is 475 g/mol. The largest absolute Gasteiger partial charge is 0.493 e. The number of carbonyl (C=O) groups excluding carboxylic acids is 1. The molecule has 1 heterocycles. The maximum Gasteiger partial charge on any atom is 0.277 e. The molecule has 29 heavy (non-hydrogen) atoms. The van der Waals surface area contributed by atoms with E-state index >= 15 is 0 Å². The third-order valence-electron chi connectivity index (χ3n) is 3.71. The summed E-state index contributed by atoms with van der Waals surface area (Å²) in [6, 6.07) is 17.0. The second-order valence-corrected chi connectivity index (χ2v) is 7.83. The molecule has 3 aromatic rings. The van der Waals surface area contributed by atoms with Gasteiger partial charge < -0.3 is 13.9 Å². The number of para-hydroxylation sites is 2. The van der Waals surface area contributed by atoms with Crippen LogP contribution in [0.4, 0.5) is 0 Å². The molecule has 1 aromatic heterocycles. The maximum atomic E-state index is 11.9. The molecular formula is C21H19BrN2O4S. The van der Waals surface area contributed by atoms with Crippen molar-refractivity contribution in [3.8, 4) is 11.5 Å². The van der Waals surface area contributed by atoms with Gasteiger partial charge in [-0.05, 0) is 47.1 Å². The van der Waals surface area contributed by atoms with Crippen molar-refractivity contribution < 1.29 is 18.7 Å². The van der Waals surface area contributed by atoms with E-state index in [1.165, 1.54) is 23.5 Å². The van der Waals surface area contributed by atoms with Crippen molar-refractivity contribution in [2.75, 3.05) is 13.7 Å². The van der Waals surface area contributed by atoms with Crippen molar-refractivity contribution in [2.45, 2.75) is 16.9 Å². The van der Waals surface area contributed by atoms with Crippen molar-refractivity contribution in [1.82, 2.24) is 5.43 Å². The number of hydrazone groups is 1. The molecule has 0 aliphatic heterocycles. The van der Waals surface area contributed by atoms with Crippen molar-refractivity contribution in [3.05, 3.63) is 70.4 Å². The monoisotopic (exact) mass is 474 g/mol. The average Bonchev–Trinajstić information content (AvgIpc) is 3.07. The first-order valence-electron chi connectivity index (χ1n) is 8.66.